The predicted molar refractivity (Wildman–Crippen MR) is 99.5 cm³/mol. The maximum absolute atomic E-state index is 12.5. The van der Waals surface area contributed by atoms with Gasteiger partial charge in [-0.1, -0.05) is 55.5 Å². The summed E-state index contributed by atoms with van der Waals surface area (Å²) in [6.45, 7) is 2.70. The molecule has 0 saturated heterocycles. The Balaban J connectivity index is 1.58. The molecule has 1 aromatic carbocycles. The van der Waals surface area contributed by atoms with E-state index >= 15 is 0 Å². The van der Waals surface area contributed by atoms with Gasteiger partial charge in [0.25, 0.3) is 5.91 Å². The molecule has 132 valence electrons. The molecule has 3 rings (SSSR count). The molecule has 1 aromatic heterocycles. The molecule has 1 amide bonds. The predicted octanol–water partition coefficient (Wildman–Crippen LogP) is 3.85. The first-order chi connectivity index (χ1) is 12.2. The van der Waals surface area contributed by atoms with Crippen LogP contribution in [0, 0.1) is 6.92 Å². The zero-order valence-corrected chi connectivity index (χ0v) is 14.8. The quantitative estimate of drug-likeness (QED) is 0.813. The molecule has 0 atom stereocenters. The summed E-state index contributed by atoms with van der Waals surface area (Å²) < 4.78 is 0. The molecule has 25 heavy (non-hydrogen) atoms. The summed E-state index contributed by atoms with van der Waals surface area (Å²) in [6.07, 6.45) is 8.69. The van der Waals surface area contributed by atoms with Crippen LogP contribution in [0.2, 0.25) is 0 Å². The number of nitrogens with one attached hydrogen (secondary N) is 2. The standard InChI is InChI=1S/C20H26N4O/c1-15-8-10-16(11-9-15)14-22-20-21-13-12-18(24-20)19(25)23-17-6-4-2-3-5-7-17/h8-13,17H,2-7,14H2,1H3,(H,23,25)(H,21,22,24). The van der Waals surface area contributed by atoms with Crippen molar-refractivity contribution in [2.45, 2.75) is 58.0 Å². The monoisotopic (exact) mass is 338 g/mol. The van der Waals surface area contributed by atoms with E-state index in [1.807, 2.05) is 0 Å². The molecule has 0 radical (unpaired) electrons. The topological polar surface area (TPSA) is 66.9 Å². The average Bonchev–Trinajstić information content (AvgIpc) is 2.90. The minimum Gasteiger partial charge on any atom is -0.350 e. The van der Waals surface area contributed by atoms with E-state index in [4.69, 9.17) is 0 Å². The zero-order valence-electron chi connectivity index (χ0n) is 14.8. The summed E-state index contributed by atoms with van der Waals surface area (Å²) in [7, 11) is 0. The highest BCUT2D eigenvalue weighted by Crippen LogP contribution is 2.17. The van der Waals surface area contributed by atoms with Gasteiger partial charge >= 0.3 is 0 Å². The first-order valence-electron chi connectivity index (χ1n) is 9.14. The third-order valence-corrected chi connectivity index (χ3v) is 4.65. The number of anilines is 1. The second-order valence-electron chi connectivity index (χ2n) is 6.77. The van der Waals surface area contributed by atoms with Gasteiger partial charge in [-0.3, -0.25) is 4.79 Å². The summed E-state index contributed by atoms with van der Waals surface area (Å²) in [5.41, 5.74) is 2.81. The van der Waals surface area contributed by atoms with Crippen LogP contribution in [0.4, 0.5) is 5.95 Å². The number of rotatable bonds is 5. The number of hydrogen-bond donors (Lipinski definition) is 2. The van der Waals surface area contributed by atoms with Gasteiger partial charge in [-0.25, -0.2) is 9.97 Å². The van der Waals surface area contributed by atoms with Crippen LogP contribution in [-0.2, 0) is 6.54 Å². The highest BCUT2D eigenvalue weighted by atomic mass is 16.1. The van der Waals surface area contributed by atoms with E-state index in [0.29, 0.717) is 18.2 Å². The smallest absolute Gasteiger partial charge is 0.270 e. The molecule has 1 aliphatic rings. The van der Waals surface area contributed by atoms with Gasteiger partial charge in [0, 0.05) is 18.8 Å². The van der Waals surface area contributed by atoms with Gasteiger partial charge in [0.05, 0.1) is 0 Å². The van der Waals surface area contributed by atoms with Crippen molar-refractivity contribution in [1.29, 1.82) is 0 Å². The molecule has 0 unspecified atom stereocenters. The molecule has 1 fully saturated rings. The van der Waals surface area contributed by atoms with Crippen LogP contribution in [0.1, 0.15) is 60.1 Å². The molecule has 2 aromatic rings. The van der Waals surface area contributed by atoms with E-state index in [1.54, 1.807) is 12.3 Å². The highest BCUT2D eigenvalue weighted by Gasteiger charge is 2.16. The number of carbonyl (C=O) groups is 1. The van der Waals surface area contributed by atoms with Crippen LogP contribution in [0.15, 0.2) is 36.5 Å². The van der Waals surface area contributed by atoms with Crippen LogP contribution in [0.5, 0.6) is 0 Å². The van der Waals surface area contributed by atoms with Crippen LogP contribution in [-0.4, -0.2) is 21.9 Å². The third-order valence-electron chi connectivity index (χ3n) is 4.65. The number of amides is 1. The lowest BCUT2D eigenvalue weighted by Crippen LogP contribution is -2.35. The molecule has 0 bridgehead atoms. The van der Waals surface area contributed by atoms with Gasteiger partial charge < -0.3 is 10.6 Å². The van der Waals surface area contributed by atoms with Crippen molar-refractivity contribution in [3.05, 3.63) is 53.3 Å². The van der Waals surface area contributed by atoms with E-state index in [2.05, 4.69) is 51.8 Å². The van der Waals surface area contributed by atoms with Crippen molar-refractivity contribution in [2.75, 3.05) is 5.32 Å². The molecule has 1 saturated carbocycles. The van der Waals surface area contributed by atoms with Crippen LogP contribution >= 0.6 is 0 Å². The maximum Gasteiger partial charge on any atom is 0.270 e. The van der Waals surface area contributed by atoms with Crippen molar-refractivity contribution >= 4 is 11.9 Å². The summed E-state index contributed by atoms with van der Waals surface area (Å²) in [5.74, 6) is 0.377. The van der Waals surface area contributed by atoms with Crippen LogP contribution < -0.4 is 10.6 Å². The summed E-state index contributed by atoms with van der Waals surface area (Å²) in [6, 6.07) is 10.2. The van der Waals surface area contributed by atoms with Gasteiger partial charge in [-0.15, -0.1) is 0 Å². The van der Waals surface area contributed by atoms with Gasteiger partial charge in [-0.05, 0) is 31.4 Å². The lowest BCUT2D eigenvalue weighted by molar-refractivity contribution is 0.0928. The Hall–Kier alpha value is -2.43. The van der Waals surface area contributed by atoms with Crippen molar-refractivity contribution in [1.82, 2.24) is 15.3 Å². The molecule has 5 heteroatoms. The number of nitrogens with zero attached hydrogens (tertiary/aromatic N) is 2. The Bertz CT molecular complexity index is 691. The van der Waals surface area contributed by atoms with E-state index in [-0.39, 0.29) is 11.9 Å². The molecule has 0 aliphatic heterocycles. The summed E-state index contributed by atoms with van der Waals surface area (Å²) in [5, 5.41) is 6.31. The minimum absolute atomic E-state index is 0.104. The van der Waals surface area contributed by atoms with Gasteiger partial charge in [0.15, 0.2) is 0 Å². The highest BCUT2D eigenvalue weighted by molar-refractivity contribution is 5.92. The lowest BCUT2D eigenvalue weighted by Gasteiger charge is -2.16. The number of aromatic nitrogens is 2. The lowest BCUT2D eigenvalue weighted by atomic mass is 10.1. The van der Waals surface area contributed by atoms with Gasteiger partial charge in [-0.2, -0.15) is 0 Å². The van der Waals surface area contributed by atoms with Crippen molar-refractivity contribution in [2.24, 2.45) is 0 Å². The first kappa shape index (κ1) is 17.4. The number of aryl methyl sites for hydroxylation is 1. The Kier molecular flexibility index (Phi) is 5.99. The van der Waals surface area contributed by atoms with Gasteiger partial charge in [0.2, 0.25) is 5.95 Å². The number of carbonyl (C=O) groups excluding carboxylic acids is 1. The molecular formula is C20H26N4O. The normalized spacial score (nSPS) is 15.4. The Labute approximate surface area is 149 Å². The molecule has 2 N–H and O–H groups in total. The van der Waals surface area contributed by atoms with E-state index < -0.39 is 0 Å². The number of hydrogen-bond acceptors (Lipinski definition) is 4. The van der Waals surface area contributed by atoms with Crippen molar-refractivity contribution < 1.29 is 4.79 Å². The first-order valence-corrected chi connectivity index (χ1v) is 9.14. The second-order valence-corrected chi connectivity index (χ2v) is 6.77. The fraction of sp³-hybridized carbons (Fsp3) is 0.450. The zero-order chi connectivity index (χ0) is 17.5. The van der Waals surface area contributed by atoms with E-state index in [0.717, 1.165) is 18.4 Å². The third kappa shape index (κ3) is 5.28. The molecule has 5 nitrogen and oxygen atoms in total. The van der Waals surface area contributed by atoms with Crippen molar-refractivity contribution in [3.8, 4) is 0 Å². The molecule has 1 aliphatic carbocycles. The van der Waals surface area contributed by atoms with E-state index in [1.165, 1.54) is 31.2 Å². The fourth-order valence-corrected chi connectivity index (χ4v) is 3.14. The largest absolute Gasteiger partial charge is 0.350 e. The van der Waals surface area contributed by atoms with Crippen LogP contribution in [0.3, 0.4) is 0 Å². The second kappa shape index (κ2) is 8.60. The Morgan fingerprint density at radius 1 is 1.08 bits per heavy atom. The number of benzene rings is 1. The molecular weight excluding hydrogens is 312 g/mol. The van der Waals surface area contributed by atoms with Crippen molar-refractivity contribution in [3.63, 3.8) is 0 Å². The molecule has 0 spiro atoms. The summed E-state index contributed by atoms with van der Waals surface area (Å²) >= 11 is 0. The van der Waals surface area contributed by atoms with Crippen LogP contribution in [0.25, 0.3) is 0 Å². The molecule has 1 heterocycles. The Morgan fingerprint density at radius 3 is 2.52 bits per heavy atom. The fourth-order valence-electron chi connectivity index (χ4n) is 3.14. The maximum atomic E-state index is 12.5. The summed E-state index contributed by atoms with van der Waals surface area (Å²) in [4.78, 5) is 21.0. The van der Waals surface area contributed by atoms with E-state index in [9.17, 15) is 4.79 Å². The Morgan fingerprint density at radius 2 is 1.80 bits per heavy atom. The minimum atomic E-state index is -0.104. The SMILES string of the molecule is Cc1ccc(CNc2nccc(C(=O)NC3CCCCCC3)n2)cc1. The van der Waals surface area contributed by atoms with Gasteiger partial charge in [0.1, 0.15) is 5.69 Å². The average molecular weight is 338 g/mol.